The number of Topliss-reactive ketones (excluding diaryl/α,β-unsaturated/α-hetero) is 1. The minimum atomic E-state index is -0.394. The number of nitrogens with zero attached hydrogens (tertiary/aromatic N) is 1. The third kappa shape index (κ3) is 4.36. The summed E-state index contributed by atoms with van der Waals surface area (Å²) in [6, 6.07) is -0.394. The summed E-state index contributed by atoms with van der Waals surface area (Å²) < 4.78 is 5.10. The molecule has 0 unspecified atom stereocenters. The molecule has 0 aromatic carbocycles. The lowest BCUT2D eigenvalue weighted by molar-refractivity contribution is -0.147. The monoisotopic (exact) mass is 319 g/mol. The molecular formula is C18H25NO4. The summed E-state index contributed by atoms with van der Waals surface area (Å²) in [5.74, 6) is -0.147. The number of allylic oxidation sites excluding steroid dienone is 3. The molecule has 0 heterocycles. The first kappa shape index (κ1) is 17.6. The molecule has 5 heteroatoms. The van der Waals surface area contributed by atoms with E-state index in [0.29, 0.717) is 12.8 Å². The average Bonchev–Trinajstić information content (AvgIpc) is 2.78. The molecule has 0 aromatic heterocycles. The number of unbranched alkanes of at least 4 members (excludes halogenated alkanes) is 1. The second kappa shape index (κ2) is 7.66. The van der Waals surface area contributed by atoms with E-state index in [0.717, 1.165) is 24.0 Å². The van der Waals surface area contributed by atoms with E-state index in [4.69, 9.17) is 4.74 Å². The number of rotatable bonds is 6. The summed E-state index contributed by atoms with van der Waals surface area (Å²) in [6.45, 7) is 5.69. The van der Waals surface area contributed by atoms with Gasteiger partial charge in [0.15, 0.2) is 0 Å². The van der Waals surface area contributed by atoms with Gasteiger partial charge in [-0.05, 0) is 45.6 Å². The van der Waals surface area contributed by atoms with E-state index in [9.17, 15) is 14.5 Å². The summed E-state index contributed by atoms with van der Waals surface area (Å²) in [5, 5.41) is 3.11. The lowest BCUT2D eigenvalue weighted by Crippen LogP contribution is -2.22. The van der Waals surface area contributed by atoms with Crippen molar-refractivity contribution in [2.75, 3.05) is 0 Å². The van der Waals surface area contributed by atoms with Crippen LogP contribution in [0.4, 0.5) is 0 Å². The highest BCUT2D eigenvalue weighted by Gasteiger charge is 2.44. The lowest BCUT2D eigenvalue weighted by Gasteiger charge is -2.25. The van der Waals surface area contributed by atoms with Gasteiger partial charge in [0.05, 0.1) is 6.10 Å². The smallest absolute Gasteiger partial charge is 0.306 e. The van der Waals surface area contributed by atoms with Gasteiger partial charge in [-0.15, -0.1) is 0 Å². The van der Waals surface area contributed by atoms with Gasteiger partial charge in [-0.1, -0.05) is 22.9 Å². The van der Waals surface area contributed by atoms with Crippen molar-refractivity contribution in [1.82, 2.24) is 0 Å². The fourth-order valence-corrected chi connectivity index (χ4v) is 3.44. The highest BCUT2D eigenvalue weighted by molar-refractivity contribution is 5.86. The Labute approximate surface area is 137 Å². The van der Waals surface area contributed by atoms with Crippen LogP contribution in [0.3, 0.4) is 0 Å². The standard InChI is InChI=1S/C18H25NO4/c1-11(2)23-18(21)7-5-4-6-13-9-15-14(8-12(13)3)16(19-22)10-17(15)20/h6,8,11,14-16H,4-5,7,9-10H2,1-3H3/b13-6+/t14-,15-,16-/m1/s1. The predicted molar refractivity (Wildman–Crippen MR) is 87.7 cm³/mol. The molecule has 0 amide bonds. The summed E-state index contributed by atoms with van der Waals surface area (Å²) >= 11 is 0. The zero-order chi connectivity index (χ0) is 17.0. The van der Waals surface area contributed by atoms with Crippen molar-refractivity contribution in [3.8, 4) is 0 Å². The molecular weight excluding hydrogens is 294 g/mol. The van der Waals surface area contributed by atoms with E-state index in [1.807, 2.05) is 26.8 Å². The average molecular weight is 319 g/mol. The van der Waals surface area contributed by atoms with Crippen LogP contribution in [0.15, 0.2) is 28.5 Å². The normalized spacial score (nSPS) is 28.7. The van der Waals surface area contributed by atoms with Crippen molar-refractivity contribution in [3.63, 3.8) is 0 Å². The van der Waals surface area contributed by atoms with E-state index in [2.05, 4.69) is 11.3 Å². The first-order valence-corrected chi connectivity index (χ1v) is 8.34. The van der Waals surface area contributed by atoms with Crippen LogP contribution in [0, 0.1) is 16.7 Å². The maximum atomic E-state index is 12.0. The van der Waals surface area contributed by atoms with E-state index >= 15 is 0 Å². The third-order valence-corrected chi connectivity index (χ3v) is 4.60. The Bertz CT molecular complexity index is 547. The lowest BCUT2D eigenvalue weighted by atomic mass is 9.79. The minimum Gasteiger partial charge on any atom is -0.463 e. The van der Waals surface area contributed by atoms with Crippen molar-refractivity contribution < 1.29 is 14.3 Å². The van der Waals surface area contributed by atoms with Gasteiger partial charge in [-0.25, -0.2) is 0 Å². The molecule has 0 aliphatic heterocycles. The molecule has 0 N–H and O–H groups in total. The van der Waals surface area contributed by atoms with Crippen LogP contribution in [0.1, 0.15) is 52.9 Å². The van der Waals surface area contributed by atoms with E-state index < -0.39 is 6.04 Å². The van der Waals surface area contributed by atoms with Gasteiger partial charge in [0.1, 0.15) is 11.8 Å². The van der Waals surface area contributed by atoms with Gasteiger partial charge in [0, 0.05) is 24.7 Å². The van der Waals surface area contributed by atoms with Crippen LogP contribution in [0.2, 0.25) is 0 Å². The van der Waals surface area contributed by atoms with E-state index in [-0.39, 0.29) is 36.1 Å². The molecule has 0 radical (unpaired) electrons. The van der Waals surface area contributed by atoms with Gasteiger partial charge in [-0.2, -0.15) is 4.91 Å². The zero-order valence-corrected chi connectivity index (χ0v) is 14.1. The Kier molecular flexibility index (Phi) is 5.85. The molecule has 0 aromatic rings. The molecule has 3 atom stereocenters. The number of ether oxygens (including phenoxy) is 1. The number of nitroso groups, excluding NO2 is 1. The minimum absolute atomic E-state index is 0.0295. The van der Waals surface area contributed by atoms with Crippen molar-refractivity contribution in [3.05, 3.63) is 28.2 Å². The Morgan fingerprint density at radius 2 is 2.17 bits per heavy atom. The highest BCUT2D eigenvalue weighted by Crippen LogP contribution is 2.42. The molecule has 1 saturated carbocycles. The molecule has 0 spiro atoms. The zero-order valence-electron chi connectivity index (χ0n) is 14.1. The molecule has 2 aliphatic carbocycles. The number of carbonyl (C=O) groups excluding carboxylic acids is 2. The number of fused-ring (bicyclic) bond motifs is 1. The largest absolute Gasteiger partial charge is 0.463 e. The Morgan fingerprint density at radius 1 is 1.43 bits per heavy atom. The Hall–Kier alpha value is -1.78. The van der Waals surface area contributed by atoms with Gasteiger partial charge in [0.2, 0.25) is 0 Å². The number of carbonyl (C=O) groups is 2. The third-order valence-electron chi connectivity index (χ3n) is 4.60. The maximum absolute atomic E-state index is 12.0. The number of hydrogen-bond donors (Lipinski definition) is 0. The summed E-state index contributed by atoms with van der Waals surface area (Å²) in [4.78, 5) is 34.4. The second-order valence-corrected chi connectivity index (χ2v) is 6.74. The molecule has 126 valence electrons. The first-order chi connectivity index (χ1) is 10.9. The van der Waals surface area contributed by atoms with Crippen molar-refractivity contribution in [2.24, 2.45) is 17.0 Å². The predicted octanol–water partition coefficient (Wildman–Crippen LogP) is 3.72. The van der Waals surface area contributed by atoms with Gasteiger partial charge < -0.3 is 4.74 Å². The van der Waals surface area contributed by atoms with Gasteiger partial charge in [-0.3, -0.25) is 9.59 Å². The SMILES string of the molecule is CC1=C[C@H]2[C@H](N=O)CC(=O)[C@@H]2C/C1=C\CCCC(=O)OC(C)C. The van der Waals surface area contributed by atoms with Crippen LogP contribution in [-0.4, -0.2) is 23.9 Å². The summed E-state index contributed by atoms with van der Waals surface area (Å²) in [5.41, 5.74) is 2.28. The van der Waals surface area contributed by atoms with Crippen molar-refractivity contribution >= 4 is 11.8 Å². The van der Waals surface area contributed by atoms with Crippen LogP contribution in [0.25, 0.3) is 0 Å². The molecule has 0 bridgehead atoms. The topological polar surface area (TPSA) is 72.8 Å². The molecule has 1 fully saturated rings. The van der Waals surface area contributed by atoms with Gasteiger partial charge >= 0.3 is 5.97 Å². The van der Waals surface area contributed by atoms with Crippen LogP contribution in [0.5, 0.6) is 0 Å². The van der Waals surface area contributed by atoms with Crippen molar-refractivity contribution in [2.45, 2.75) is 65.0 Å². The summed E-state index contributed by atoms with van der Waals surface area (Å²) in [6.07, 6.45) is 6.97. The molecule has 0 saturated heterocycles. The quantitative estimate of drug-likeness (QED) is 0.425. The number of ketones is 1. The molecule has 23 heavy (non-hydrogen) atoms. The Morgan fingerprint density at radius 3 is 2.83 bits per heavy atom. The van der Waals surface area contributed by atoms with Crippen LogP contribution in [-0.2, 0) is 14.3 Å². The fourth-order valence-electron chi connectivity index (χ4n) is 3.44. The maximum Gasteiger partial charge on any atom is 0.306 e. The molecule has 2 rings (SSSR count). The highest BCUT2D eigenvalue weighted by atomic mass is 16.5. The fraction of sp³-hybridized carbons (Fsp3) is 0.667. The molecule has 5 nitrogen and oxygen atoms in total. The number of hydrogen-bond acceptors (Lipinski definition) is 5. The van der Waals surface area contributed by atoms with E-state index in [1.54, 1.807) is 0 Å². The second-order valence-electron chi connectivity index (χ2n) is 6.74. The van der Waals surface area contributed by atoms with Crippen LogP contribution < -0.4 is 0 Å². The van der Waals surface area contributed by atoms with Crippen molar-refractivity contribution in [1.29, 1.82) is 0 Å². The number of esters is 1. The van der Waals surface area contributed by atoms with Gasteiger partial charge in [0.25, 0.3) is 0 Å². The van der Waals surface area contributed by atoms with E-state index in [1.165, 1.54) is 0 Å². The van der Waals surface area contributed by atoms with Crippen LogP contribution >= 0.6 is 0 Å². The Balaban J connectivity index is 1.91. The summed E-state index contributed by atoms with van der Waals surface area (Å²) in [7, 11) is 0. The molecule has 2 aliphatic rings. The first-order valence-electron chi connectivity index (χ1n) is 8.34.